The summed E-state index contributed by atoms with van der Waals surface area (Å²) < 4.78 is 0. The summed E-state index contributed by atoms with van der Waals surface area (Å²) in [6, 6.07) is 7.15. The van der Waals surface area contributed by atoms with Gasteiger partial charge in [-0.15, -0.1) is 0 Å². The zero-order valence-electron chi connectivity index (χ0n) is 6.82. The Bertz CT molecular complexity index is 240. The van der Waals surface area contributed by atoms with Crippen LogP contribution in [0.5, 0.6) is 0 Å². The second-order valence-corrected chi connectivity index (χ2v) is 2.19. The minimum absolute atomic E-state index is 0.713. The lowest BCUT2D eigenvalue weighted by Crippen LogP contribution is -1.87. The third-order valence-corrected chi connectivity index (χ3v) is 0.911. The molecule has 4 heteroatoms. The molecule has 0 radical (unpaired) electrons. The molecule has 0 aliphatic rings. The van der Waals surface area contributed by atoms with Gasteiger partial charge >= 0.3 is 0 Å². The highest BCUT2D eigenvalue weighted by molar-refractivity contribution is 5.62. The van der Waals surface area contributed by atoms with E-state index < -0.39 is 5.97 Å². The summed E-state index contributed by atoms with van der Waals surface area (Å²) in [5, 5.41) is 7.42. The molecule has 0 bridgehead atoms. The number of carboxylic acid groups (broad SMARTS) is 1. The third kappa shape index (κ3) is 6.41. The van der Waals surface area contributed by atoms with Gasteiger partial charge in [-0.05, 0) is 18.2 Å². The Balaban J connectivity index is 0.000000261. The van der Waals surface area contributed by atoms with Gasteiger partial charge in [-0.25, -0.2) is 0 Å². The van der Waals surface area contributed by atoms with Crippen molar-refractivity contribution in [3.63, 3.8) is 0 Å². The van der Waals surface area contributed by atoms with E-state index in [1.807, 2.05) is 6.07 Å². The summed E-state index contributed by atoms with van der Waals surface area (Å²) in [4.78, 5) is 9.00. The topological polar surface area (TPSA) is 89.3 Å². The van der Waals surface area contributed by atoms with Gasteiger partial charge in [0.15, 0.2) is 0 Å². The van der Waals surface area contributed by atoms with Crippen LogP contribution in [0.15, 0.2) is 24.3 Å². The molecule has 0 heterocycles. The first kappa shape index (κ1) is 10.3. The molecule has 0 spiro atoms. The molecular weight excluding hydrogens is 156 g/mol. The van der Waals surface area contributed by atoms with Gasteiger partial charge in [0.25, 0.3) is 5.97 Å². The van der Waals surface area contributed by atoms with E-state index in [0.29, 0.717) is 11.4 Å². The van der Waals surface area contributed by atoms with Gasteiger partial charge in [0.1, 0.15) is 0 Å². The second kappa shape index (κ2) is 5.01. The van der Waals surface area contributed by atoms with Crippen molar-refractivity contribution in [3.05, 3.63) is 24.3 Å². The number of nitrogen functional groups attached to an aromatic ring is 2. The zero-order valence-corrected chi connectivity index (χ0v) is 6.82. The quantitative estimate of drug-likeness (QED) is 0.503. The maximum Gasteiger partial charge on any atom is 0.300 e. The van der Waals surface area contributed by atoms with E-state index in [2.05, 4.69) is 0 Å². The molecule has 0 unspecified atom stereocenters. The van der Waals surface area contributed by atoms with E-state index in [1.54, 1.807) is 18.2 Å². The number of hydrogen-bond donors (Lipinski definition) is 3. The Kier molecular flexibility index (Phi) is 4.30. The number of nitrogens with two attached hydrogens (primary N) is 2. The molecule has 1 aromatic rings. The summed E-state index contributed by atoms with van der Waals surface area (Å²) in [5.41, 5.74) is 12.2. The predicted octanol–water partition coefficient (Wildman–Crippen LogP) is 0.942. The normalized spacial score (nSPS) is 8.08. The summed E-state index contributed by atoms with van der Waals surface area (Å²) in [6.07, 6.45) is 0. The maximum atomic E-state index is 9.00. The Morgan fingerprint density at radius 3 is 1.83 bits per heavy atom. The lowest BCUT2D eigenvalue weighted by Gasteiger charge is -1.91. The molecule has 66 valence electrons. The molecule has 4 nitrogen and oxygen atoms in total. The number of rotatable bonds is 0. The molecule has 5 N–H and O–H groups in total. The van der Waals surface area contributed by atoms with Crippen molar-refractivity contribution in [2.75, 3.05) is 11.5 Å². The van der Waals surface area contributed by atoms with Crippen molar-refractivity contribution >= 4 is 17.3 Å². The predicted molar refractivity (Wildman–Crippen MR) is 48.6 cm³/mol. The summed E-state index contributed by atoms with van der Waals surface area (Å²) in [5.74, 6) is -0.833. The van der Waals surface area contributed by atoms with Crippen LogP contribution >= 0.6 is 0 Å². The molecule has 0 atom stereocenters. The van der Waals surface area contributed by atoms with Crippen LogP contribution in [0.4, 0.5) is 11.4 Å². The first-order valence-corrected chi connectivity index (χ1v) is 3.33. The SMILES string of the molecule is CC(=O)O.Nc1cccc(N)c1. The number of hydrogen-bond acceptors (Lipinski definition) is 3. The molecule has 0 fully saturated rings. The summed E-state index contributed by atoms with van der Waals surface area (Å²) in [6.45, 7) is 1.08. The van der Waals surface area contributed by atoms with Crippen molar-refractivity contribution in [1.29, 1.82) is 0 Å². The van der Waals surface area contributed by atoms with Crippen LogP contribution in [0.1, 0.15) is 6.92 Å². The van der Waals surface area contributed by atoms with Crippen LogP contribution in [0.3, 0.4) is 0 Å². The van der Waals surface area contributed by atoms with Crippen LogP contribution in [-0.4, -0.2) is 11.1 Å². The van der Waals surface area contributed by atoms with Gasteiger partial charge in [-0.3, -0.25) is 4.79 Å². The Morgan fingerprint density at radius 1 is 1.33 bits per heavy atom. The van der Waals surface area contributed by atoms with E-state index in [-0.39, 0.29) is 0 Å². The minimum atomic E-state index is -0.833. The van der Waals surface area contributed by atoms with Gasteiger partial charge in [0.2, 0.25) is 0 Å². The van der Waals surface area contributed by atoms with E-state index in [9.17, 15) is 0 Å². The minimum Gasteiger partial charge on any atom is -0.481 e. The molecule has 0 amide bonds. The maximum absolute atomic E-state index is 9.00. The highest BCUT2D eigenvalue weighted by Gasteiger charge is 1.81. The summed E-state index contributed by atoms with van der Waals surface area (Å²) >= 11 is 0. The number of aliphatic carboxylic acids is 1. The van der Waals surface area contributed by atoms with E-state index in [0.717, 1.165) is 6.92 Å². The van der Waals surface area contributed by atoms with Gasteiger partial charge in [0, 0.05) is 18.3 Å². The molecule has 0 saturated carbocycles. The van der Waals surface area contributed by atoms with E-state index in [1.165, 1.54) is 0 Å². The number of carbonyl (C=O) groups is 1. The smallest absolute Gasteiger partial charge is 0.300 e. The lowest BCUT2D eigenvalue weighted by molar-refractivity contribution is -0.134. The molecule has 0 aromatic heterocycles. The Morgan fingerprint density at radius 2 is 1.67 bits per heavy atom. The average Bonchev–Trinajstić information content (AvgIpc) is 1.84. The molecular formula is C8H12N2O2. The Hall–Kier alpha value is -1.71. The molecule has 0 aliphatic carbocycles. The molecule has 0 saturated heterocycles. The highest BCUT2D eigenvalue weighted by Crippen LogP contribution is 2.06. The first-order chi connectivity index (χ1) is 5.52. The lowest BCUT2D eigenvalue weighted by atomic mass is 10.3. The van der Waals surface area contributed by atoms with Crippen LogP contribution in [0.2, 0.25) is 0 Å². The molecule has 1 aromatic carbocycles. The molecule has 1 rings (SSSR count). The average molecular weight is 168 g/mol. The standard InChI is InChI=1S/C6H8N2.C2H4O2/c7-5-2-1-3-6(8)4-5;1-2(3)4/h1-4H,7-8H2;1H3,(H,3,4). The first-order valence-electron chi connectivity index (χ1n) is 3.33. The van der Waals surface area contributed by atoms with E-state index >= 15 is 0 Å². The molecule has 12 heavy (non-hydrogen) atoms. The highest BCUT2D eigenvalue weighted by atomic mass is 16.4. The van der Waals surface area contributed by atoms with Gasteiger partial charge in [0.05, 0.1) is 0 Å². The number of benzene rings is 1. The van der Waals surface area contributed by atoms with Gasteiger partial charge in [-0.1, -0.05) is 6.07 Å². The largest absolute Gasteiger partial charge is 0.481 e. The second-order valence-electron chi connectivity index (χ2n) is 2.19. The van der Waals surface area contributed by atoms with Crippen molar-refractivity contribution in [2.24, 2.45) is 0 Å². The fraction of sp³-hybridized carbons (Fsp3) is 0.125. The van der Waals surface area contributed by atoms with Crippen molar-refractivity contribution in [3.8, 4) is 0 Å². The fourth-order valence-electron chi connectivity index (χ4n) is 0.559. The van der Waals surface area contributed by atoms with Gasteiger partial charge < -0.3 is 16.6 Å². The van der Waals surface area contributed by atoms with Crippen molar-refractivity contribution < 1.29 is 9.90 Å². The molecule has 0 aliphatic heterocycles. The van der Waals surface area contributed by atoms with E-state index in [4.69, 9.17) is 21.4 Å². The monoisotopic (exact) mass is 168 g/mol. The van der Waals surface area contributed by atoms with Crippen molar-refractivity contribution in [1.82, 2.24) is 0 Å². The van der Waals surface area contributed by atoms with Crippen molar-refractivity contribution in [2.45, 2.75) is 6.92 Å². The van der Waals surface area contributed by atoms with Crippen LogP contribution in [0.25, 0.3) is 0 Å². The third-order valence-electron chi connectivity index (χ3n) is 0.911. The number of anilines is 2. The van der Waals surface area contributed by atoms with Crippen LogP contribution < -0.4 is 11.5 Å². The summed E-state index contributed by atoms with van der Waals surface area (Å²) in [7, 11) is 0. The fourth-order valence-corrected chi connectivity index (χ4v) is 0.559. The Labute approximate surface area is 70.8 Å². The van der Waals surface area contributed by atoms with Crippen LogP contribution in [0, 0.1) is 0 Å². The number of carboxylic acids is 1. The van der Waals surface area contributed by atoms with Gasteiger partial charge in [-0.2, -0.15) is 0 Å². The zero-order chi connectivity index (χ0) is 9.56. The van der Waals surface area contributed by atoms with Crippen LogP contribution in [-0.2, 0) is 4.79 Å².